The standard InChI is InChI=1S/C30H26F4O4/c1-35-25-11-3-21(4-12-25)19-37-27-15-7-23(8-16-27)29(31,32)30(33,34)24-9-17-28(18-10-24)38-20-22-5-13-26(36-2)14-6-22/h3-18H,19-20H2,1-2H3. The van der Waals surface area contributed by atoms with Gasteiger partial charge in [-0.05, 0) is 83.9 Å². The second-order valence-corrected chi connectivity index (χ2v) is 8.47. The molecule has 0 amide bonds. The molecule has 4 nitrogen and oxygen atoms in total. The lowest BCUT2D eigenvalue weighted by molar-refractivity contribution is -0.223. The van der Waals surface area contributed by atoms with Gasteiger partial charge in [-0.25, -0.2) is 0 Å². The molecule has 0 heterocycles. The van der Waals surface area contributed by atoms with E-state index in [9.17, 15) is 17.6 Å². The number of rotatable bonds is 11. The summed E-state index contributed by atoms with van der Waals surface area (Å²) in [4.78, 5) is 0. The molecule has 0 atom stereocenters. The quantitative estimate of drug-likeness (QED) is 0.187. The van der Waals surface area contributed by atoms with Crippen molar-refractivity contribution < 1.29 is 36.5 Å². The molecule has 0 bridgehead atoms. The Bertz CT molecular complexity index is 1200. The average Bonchev–Trinajstić information content (AvgIpc) is 2.96. The average molecular weight is 527 g/mol. The molecular formula is C30H26F4O4. The molecule has 0 radical (unpaired) electrons. The second kappa shape index (κ2) is 11.5. The Morgan fingerprint density at radius 3 is 1.03 bits per heavy atom. The minimum atomic E-state index is -4.45. The van der Waals surface area contributed by atoms with Crippen LogP contribution in [0.5, 0.6) is 23.0 Å². The maximum atomic E-state index is 15.0. The van der Waals surface area contributed by atoms with Crippen molar-refractivity contribution in [1.82, 2.24) is 0 Å². The highest BCUT2D eigenvalue weighted by atomic mass is 19.3. The number of halogens is 4. The van der Waals surface area contributed by atoms with Crippen LogP contribution in [0.2, 0.25) is 0 Å². The van der Waals surface area contributed by atoms with E-state index in [0.717, 1.165) is 35.4 Å². The van der Waals surface area contributed by atoms with Gasteiger partial charge in [-0.2, -0.15) is 17.6 Å². The van der Waals surface area contributed by atoms with Crippen molar-refractivity contribution in [2.75, 3.05) is 14.2 Å². The minimum Gasteiger partial charge on any atom is -0.497 e. The van der Waals surface area contributed by atoms with E-state index in [1.807, 2.05) is 0 Å². The van der Waals surface area contributed by atoms with Crippen molar-refractivity contribution >= 4 is 0 Å². The molecule has 0 fully saturated rings. The first-order valence-electron chi connectivity index (χ1n) is 11.7. The summed E-state index contributed by atoms with van der Waals surface area (Å²) < 4.78 is 81.2. The molecule has 0 aliphatic heterocycles. The molecule has 0 N–H and O–H groups in total. The second-order valence-electron chi connectivity index (χ2n) is 8.47. The molecule has 0 saturated heterocycles. The van der Waals surface area contributed by atoms with Crippen molar-refractivity contribution in [2.24, 2.45) is 0 Å². The molecule has 38 heavy (non-hydrogen) atoms. The third-order valence-electron chi connectivity index (χ3n) is 5.96. The molecule has 0 aromatic heterocycles. The van der Waals surface area contributed by atoms with E-state index in [1.165, 1.54) is 24.3 Å². The van der Waals surface area contributed by atoms with Crippen LogP contribution in [0, 0.1) is 0 Å². The summed E-state index contributed by atoms with van der Waals surface area (Å²) in [6.45, 7) is 0.367. The topological polar surface area (TPSA) is 36.9 Å². The van der Waals surface area contributed by atoms with Crippen LogP contribution in [0.25, 0.3) is 0 Å². The highest BCUT2D eigenvalue weighted by molar-refractivity contribution is 5.37. The van der Waals surface area contributed by atoms with Gasteiger partial charge in [0.15, 0.2) is 0 Å². The Labute approximate surface area is 218 Å². The van der Waals surface area contributed by atoms with Gasteiger partial charge in [-0.3, -0.25) is 0 Å². The number of benzene rings is 4. The summed E-state index contributed by atoms with van der Waals surface area (Å²) in [6.07, 6.45) is 0. The van der Waals surface area contributed by atoms with Gasteiger partial charge in [-0.1, -0.05) is 24.3 Å². The first kappa shape index (κ1) is 26.9. The van der Waals surface area contributed by atoms with Gasteiger partial charge >= 0.3 is 11.8 Å². The van der Waals surface area contributed by atoms with Crippen molar-refractivity contribution in [1.29, 1.82) is 0 Å². The zero-order chi connectivity index (χ0) is 27.2. The monoisotopic (exact) mass is 526 g/mol. The SMILES string of the molecule is COc1ccc(COc2ccc(C(F)(F)C(F)(F)c3ccc(OCc4ccc(OC)cc4)cc3)cc2)cc1. The van der Waals surface area contributed by atoms with Crippen molar-refractivity contribution in [3.05, 3.63) is 119 Å². The van der Waals surface area contributed by atoms with E-state index < -0.39 is 23.0 Å². The van der Waals surface area contributed by atoms with Crippen LogP contribution in [0.15, 0.2) is 97.1 Å². The van der Waals surface area contributed by atoms with Gasteiger partial charge < -0.3 is 18.9 Å². The van der Waals surface area contributed by atoms with Gasteiger partial charge in [0.25, 0.3) is 0 Å². The predicted molar refractivity (Wildman–Crippen MR) is 135 cm³/mol. The van der Waals surface area contributed by atoms with Crippen LogP contribution in [0.3, 0.4) is 0 Å². The number of methoxy groups -OCH3 is 2. The molecule has 4 aromatic rings. The summed E-state index contributed by atoms with van der Waals surface area (Å²) in [6, 6.07) is 23.1. The Morgan fingerprint density at radius 1 is 0.447 bits per heavy atom. The zero-order valence-electron chi connectivity index (χ0n) is 20.8. The lowest BCUT2D eigenvalue weighted by Crippen LogP contribution is -2.35. The Morgan fingerprint density at radius 2 is 0.737 bits per heavy atom. The molecule has 0 saturated carbocycles. The zero-order valence-corrected chi connectivity index (χ0v) is 20.8. The fourth-order valence-corrected chi connectivity index (χ4v) is 3.66. The minimum absolute atomic E-state index is 0.183. The lowest BCUT2D eigenvalue weighted by atomic mass is 9.96. The molecule has 4 rings (SSSR count). The Hall–Kier alpha value is -4.20. The highest BCUT2D eigenvalue weighted by Crippen LogP contribution is 2.50. The summed E-state index contributed by atoms with van der Waals surface area (Å²) in [7, 11) is 3.11. The molecule has 0 aliphatic carbocycles. The van der Waals surface area contributed by atoms with Gasteiger partial charge in [0.2, 0.25) is 0 Å². The smallest absolute Gasteiger partial charge is 0.339 e. The summed E-state index contributed by atoms with van der Waals surface area (Å²) in [5.41, 5.74) is 0.0320. The molecule has 0 aliphatic rings. The van der Waals surface area contributed by atoms with Crippen LogP contribution in [0.1, 0.15) is 22.3 Å². The molecule has 4 aromatic carbocycles. The van der Waals surface area contributed by atoms with Gasteiger partial charge in [0, 0.05) is 11.1 Å². The lowest BCUT2D eigenvalue weighted by Gasteiger charge is -2.27. The first-order valence-corrected chi connectivity index (χ1v) is 11.7. The van der Waals surface area contributed by atoms with Gasteiger partial charge in [-0.15, -0.1) is 0 Å². The van der Waals surface area contributed by atoms with E-state index in [0.29, 0.717) is 11.5 Å². The van der Waals surface area contributed by atoms with Crippen LogP contribution in [-0.2, 0) is 25.1 Å². The van der Waals surface area contributed by atoms with Crippen LogP contribution in [-0.4, -0.2) is 14.2 Å². The Balaban J connectivity index is 1.39. The molecule has 0 unspecified atom stereocenters. The largest absolute Gasteiger partial charge is 0.497 e. The van der Waals surface area contributed by atoms with Crippen LogP contribution >= 0.6 is 0 Å². The van der Waals surface area contributed by atoms with Crippen molar-refractivity contribution in [3.8, 4) is 23.0 Å². The molecule has 198 valence electrons. The summed E-state index contributed by atoms with van der Waals surface area (Å²) in [5.74, 6) is -6.96. The normalized spacial score (nSPS) is 11.6. The number of hydrogen-bond acceptors (Lipinski definition) is 4. The Kier molecular flexibility index (Phi) is 8.10. The fourth-order valence-electron chi connectivity index (χ4n) is 3.66. The predicted octanol–water partition coefficient (Wildman–Crippen LogP) is 7.75. The van der Waals surface area contributed by atoms with Gasteiger partial charge in [0.1, 0.15) is 36.2 Å². The fraction of sp³-hybridized carbons (Fsp3) is 0.200. The number of alkyl halides is 4. The third-order valence-corrected chi connectivity index (χ3v) is 5.96. The maximum absolute atomic E-state index is 15.0. The van der Waals surface area contributed by atoms with Crippen molar-refractivity contribution in [2.45, 2.75) is 25.1 Å². The maximum Gasteiger partial charge on any atom is 0.339 e. The summed E-state index contributed by atoms with van der Waals surface area (Å²) >= 11 is 0. The van der Waals surface area contributed by atoms with E-state index in [2.05, 4.69) is 0 Å². The van der Waals surface area contributed by atoms with Crippen molar-refractivity contribution in [3.63, 3.8) is 0 Å². The first-order chi connectivity index (χ1) is 18.2. The van der Waals surface area contributed by atoms with E-state index in [4.69, 9.17) is 18.9 Å². The van der Waals surface area contributed by atoms with E-state index >= 15 is 0 Å². The van der Waals surface area contributed by atoms with E-state index in [1.54, 1.807) is 62.8 Å². The number of ether oxygens (including phenoxy) is 4. The molecule has 0 spiro atoms. The number of hydrogen-bond donors (Lipinski definition) is 0. The highest BCUT2D eigenvalue weighted by Gasteiger charge is 2.58. The van der Waals surface area contributed by atoms with Crippen LogP contribution in [0.4, 0.5) is 17.6 Å². The van der Waals surface area contributed by atoms with Gasteiger partial charge in [0.05, 0.1) is 14.2 Å². The molecular weight excluding hydrogens is 500 g/mol. The van der Waals surface area contributed by atoms with E-state index in [-0.39, 0.29) is 24.7 Å². The van der Waals surface area contributed by atoms with Crippen LogP contribution < -0.4 is 18.9 Å². The summed E-state index contributed by atoms with van der Waals surface area (Å²) in [5, 5.41) is 0. The third kappa shape index (κ3) is 6.02. The molecule has 8 heteroatoms.